The molecule has 1 heterocycles. The second-order valence-electron chi connectivity index (χ2n) is 3.48. The normalized spacial score (nSPS) is 22.7. The SMILES string of the molecule is CNC(C)C(=O)N1C(=O)C=C(OC)C1C. The summed E-state index contributed by atoms with van der Waals surface area (Å²) < 4.78 is 5.01. The number of hydrogen-bond acceptors (Lipinski definition) is 4. The van der Waals surface area contributed by atoms with Crippen molar-refractivity contribution < 1.29 is 14.3 Å². The van der Waals surface area contributed by atoms with Crippen molar-refractivity contribution in [3.8, 4) is 0 Å². The number of nitrogens with zero attached hydrogens (tertiary/aromatic N) is 1. The first-order valence-corrected chi connectivity index (χ1v) is 4.82. The zero-order valence-electron chi connectivity index (χ0n) is 9.40. The number of carbonyl (C=O) groups excluding carboxylic acids is 2. The lowest BCUT2D eigenvalue weighted by molar-refractivity contribution is -0.143. The van der Waals surface area contributed by atoms with Gasteiger partial charge in [-0.3, -0.25) is 14.5 Å². The molecule has 5 heteroatoms. The predicted octanol–water partition coefficient (Wildman–Crippen LogP) is -0.118. The molecule has 5 nitrogen and oxygen atoms in total. The van der Waals surface area contributed by atoms with Gasteiger partial charge in [0, 0.05) is 6.08 Å². The third kappa shape index (κ3) is 2.02. The van der Waals surface area contributed by atoms with Crippen molar-refractivity contribution in [3.05, 3.63) is 11.8 Å². The molecule has 0 radical (unpaired) electrons. The van der Waals surface area contributed by atoms with Gasteiger partial charge in [0.25, 0.3) is 5.91 Å². The molecule has 2 amide bonds. The van der Waals surface area contributed by atoms with E-state index >= 15 is 0 Å². The highest BCUT2D eigenvalue weighted by molar-refractivity contribution is 6.05. The van der Waals surface area contributed by atoms with Crippen molar-refractivity contribution in [1.82, 2.24) is 10.2 Å². The van der Waals surface area contributed by atoms with Crippen molar-refractivity contribution in [3.63, 3.8) is 0 Å². The Kier molecular flexibility index (Phi) is 3.47. The lowest BCUT2D eigenvalue weighted by Gasteiger charge is -2.24. The highest BCUT2D eigenvalue weighted by atomic mass is 16.5. The lowest BCUT2D eigenvalue weighted by Crippen LogP contribution is -2.47. The van der Waals surface area contributed by atoms with Gasteiger partial charge in [0.1, 0.15) is 5.76 Å². The third-order valence-electron chi connectivity index (χ3n) is 2.58. The summed E-state index contributed by atoms with van der Waals surface area (Å²) >= 11 is 0. The summed E-state index contributed by atoms with van der Waals surface area (Å²) in [7, 11) is 3.17. The van der Waals surface area contributed by atoms with E-state index in [9.17, 15) is 9.59 Å². The largest absolute Gasteiger partial charge is 0.499 e. The second-order valence-corrected chi connectivity index (χ2v) is 3.48. The zero-order valence-corrected chi connectivity index (χ0v) is 9.40. The molecule has 0 aromatic rings. The molecule has 1 rings (SSSR count). The van der Waals surface area contributed by atoms with E-state index in [2.05, 4.69) is 5.32 Å². The van der Waals surface area contributed by atoms with Crippen LogP contribution in [0.25, 0.3) is 0 Å². The molecular weight excluding hydrogens is 196 g/mol. The van der Waals surface area contributed by atoms with E-state index in [0.29, 0.717) is 5.76 Å². The number of methoxy groups -OCH3 is 1. The van der Waals surface area contributed by atoms with E-state index in [-0.39, 0.29) is 23.9 Å². The molecule has 2 unspecified atom stereocenters. The lowest BCUT2D eigenvalue weighted by atomic mass is 10.2. The summed E-state index contributed by atoms with van der Waals surface area (Å²) in [5, 5.41) is 2.81. The van der Waals surface area contributed by atoms with Gasteiger partial charge in [0.05, 0.1) is 19.2 Å². The number of imide groups is 1. The van der Waals surface area contributed by atoms with Crippen LogP contribution >= 0.6 is 0 Å². The molecule has 0 aromatic carbocycles. The number of rotatable bonds is 3. The van der Waals surface area contributed by atoms with Gasteiger partial charge in [-0.1, -0.05) is 0 Å². The van der Waals surface area contributed by atoms with Crippen LogP contribution in [0.15, 0.2) is 11.8 Å². The number of hydrogen-bond donors (Lipinski definition) is 1. The van der Waals surface area contributed by atoms with Crippen LogP contribution in [0.4, 0.5) is 0 Å². The van der Waals surface area contributed by atoms with Crippen LogP contribution in [-0.4, -0.2) is 43.0 Å². The maximum atomic E-state index is 11.8. The molecule has 0 saturated carbocycles. The zero-order chi connectivity index (χ0) is 11.6. The Morgan fingerprint density at radius 2 is 2.27 bits per heavy atom. The number of nitrogens with one attached hydrogen (secondary N) is 1. The summed E-state index contributed by atoms with van der Waals surface area (Å²) in [5.74, 6) is -0.0265. The van der Waals surface area contributed by atoms with Gasteiger partial charge in [-0.25, -0.2) is 0 Å². The number of carbonyl (C=O) groups is 2. The van der Waals surface area contributed by atoms with Crippen LogP contribution < -0.4 is 5.32 Å². The highest BCUT2D eigenvalue weighted by Crippen LogP contribution is 2.20. The van der Waals surface area contributed by atoms with Crippen LogP contribution in [0.5, 0.6) is 0 Å². The molecule has 0 aromatic heterocycles. The van der Waals surface area contributed by atoms with Gasteiger partial charge in [-0.2, -0.15) is 0 Å². The van der Waals surface area contributed by atoms with Crippen LogP contribution in [-0.2, 0) is 14.3 Å². The molecule has 0 bridgehead atoms. The molecule has 84 valence electrons. The van der Waals surface area contributed by atoms with Crippen molar-refractivity contribution >= 4 is 11.8 Å². The van der Waals surface area contributed by atoms with Crippen molar-refractivity contribution in [2.75, 3.05) is 14.2 Å². The van der Waals surface area contributed by atoms with Gasteiger partial charge in [-0.05, 0) is 20.9 Å². The molecular formula is C10H16N2O3. The number of ether oxygens (including phenoxy) is 1. The Hall–Kier alpha value is -1.36. The Balaban J connectivity index is 2.82. The fourth-order valence-electron chi connectivity index (χ4n) is 1.49. The van der Waals surface area contributed by atoms with E-state index in [0.717, 1.165) is 0 Å². The van der Waals surface area contributed by atoms with Crippen LogP contribution in [0.1, 0.15) is 13.8 Å². The summed E-state index contributed by atoms with van der Waals surface area (Å²) in [6.45, 7) is 3.48. The fourth-order valence-corrected chi connectivity index (χ4v) is 1.49. The predicted molar refractivity (Wildman–Crippen MR) is 54.9 cm³/mol. The molecule has 15 heavy (non-hydrogen) atoms. The van der Waals surface area contributed by atoms with Crippen LogP contribution in [0.2, 0.25) is 0 Å². The average molecular weight is 212 g/mol. The van der Waals surface area contributed by atoms with E-state index < -0.39 is 0 Å². The number of likely N-dealkylation sites (N-methyl/N-ethyl adjacent to an activating group) is 1. The molecule has 1 aliphatic heterocycles. The average Bonchev–Trinajstić information content (AvgIpc) is 2.51. The Morgan fingerprint density at radius 1 is 1.67 bits per heavy atom. The Labute approximate surface area is 89.1 Å². The summed E-state index contributed by atoms with van der Waals surface area (Å²) in [6.07, 6.45) is 1.35. The Bertz CT molecular complexity index is 312. The van der Waals surface area contributed by atoms with Gasteiger partial charge in [-0.15, -0.1) is 0 Å². The minimum atomic E-state index is -0.374. The molecule has 0 spiro atoms. The number of amides is 2. The van der Waals surface area contributed by atoms with Gasteiger partial charge < -0.3 is 10.1 Å². The standard InChI is InChI=1S/C10H16N2O3/c1-6(11-3)10(14)12-7(2)8(15-4)5-9(12)13/h5-7,11H,1-4H3. The minimum absolute atomic E-state index is 0.238. The first-order chi connectivity index (χ1) is 7.02. The van der Waals surface area contributed by atoms with Gasteiger partial charge in [0.2, 0.25) is 5.91 Å². The molecule has 0 aliphatic carbocycles. The van der Waals surface area contributed by atoms with Crippen molar-refractivity contribution in [2.24, 2.45) is 0 Å². The fraction of sp³-hybridized carbons (Fsp3) is 0.600. The van der Waals surface area contributed by atoms with Crippen LogP contribution in [0.3, 0.4) is 0 Å². The smallest absolute Gasteiger partial charge is 0.257 e. The monoisotopic (exact) mass is 212 g/mol. The first kappa shape index (κ1) is 11.7. The topological polar surface area (TPSA) is 58.6 Å². The summed E-state index contributed by atoms with van der Waals surface area (Å²) in [4.78, 5) is 24.6. The van der Waals surface area contributed by atoms with Gasteiger partial charge in [0.15, 0.2) is 0 Å². The highest BCUT2D eigenvalue weighted by Gasteiger charge is 2.36. The van der Waals surface area contributed by atoms with E-state index in [4.69, 9.17) is 4.74 Å². The van der Waals surface area contributed by atoms with E-state index in [1.165, 1.54) is 18.1 Å². The first-order valence-electron chi connectivity index (χ1n) is 4.82. The Morgan fingerprint density at radius 3 is 2.67 bits per heavy atom. The van der Waals surface area contributed by atoms with Crippen LogP contribution in [0, 0.1) is 0 Å². The van der Waals surface area contributed by atoms with E-state index in [1.54, 1.807) is 20.9 Å². The van der Waals surface area contributed by atoms with Crippen molar-refractivity contribution in [2.45, 2.75) is 25.9 Å². The minimum Gasteiger partial charge on any atom is -0.499 e. The molecule has 0 saturated heterocycles. The van der Waals surface area contributed by atoms with Crippen molar-refractivity contribution in [1.29, 1.82) is 0 Å². The third-order valence-corrected chi connectivity index (χ3v) is 2.58. The maximum absolute atomic E-state index is 11.8. The molecule has 1 N–H and O–H groups in total. The quantitative estimate of drug-likeness (QED) is 0.708. The summed E-state index contributed by atoms with van der Waals surface area (Å²) in [6, 6.07) is -0.688. The van der Waals surface area contributed by atoms with E-state index in [1.807, 2.05) is 0 Å². The maximum Gasteiger partial charge on any atom is 0.257 e. The molecule has 2 atom stereocenters. The molecule has 0 fully saturated rings. The molecule has 1 aliphatic rings. The summed E-state index contributed by atoms with van der Waals surface area (Å²) in [5.41, 5.74) is 0. The van der Waals surface area contributed by atoms with Gasteiger partial charge >= 0.3 is 0 Å². The second kappa shape index (κ2) is 4.44.